The van der Waals surface area contributed by atoms with Gasteiger partial charge < -0.3 is 9.84 Å². The molecule has 3 nitrogen and oxygen atoms in total. The van der Waals surface area contributed by atoms with Crippen LogP contribution in [0.3, 0.4) is 0 Å². The topological polar surface area (TPSA) is 46.5 Å². The zero-order valence-corrected chi connectivity index (χ0v) is 8.94. The van der Waals surface area contributed by atoms with E-state index in [9.17, 15) is 9.90 Å². The van der Waals surface area contributed by atoms with E-state index in [2.05, 4.69) is 6.58 Å². The minimum atomic E-state index is -0.753. The highest BCUT2D eigenvalue weighted by molar-refractivity contribution is 7.99. The van der Waals surface area contributed by atoms with Gasteiger partial charge in [0, 0.05) is 11.0 Å². The van der Waals surface area contributed by atoms with E-state index < -0.39 is 11.4 Å². The van der Waals surface area contributed by atoms with Gasteiger partial charge in [-0.1, -0.05) is 36.5 Å². The van der Waals surface area contributed by atoms with Crippen molar-refractivity contribution in [1.82, 2.24) is 0 Å². The molecule has 80 valence electrons. The summed E-state index contributed by atoms with van der Waals surface area (Å²) < 4.78 is 4.70. The molecule has 0 heterocycles. The highest BCUT2D eigenvalue weighted by Gasteiger charge is 2.07. The van der Waals surface area contributed by atoms with Crippen LogP contribution in [0.2, 0.25) is 0 Å². The van der Waals surface area contributed by atoms with Crippen molar-refractivity contribution in [2.45, 2.75) is 10.3 Å². The van der Waals surface area contributed by atoms with Crippen LogP contribution in [0.5, 0.6) is 0 Å². The van der Waals surface area contributed by atoms with Gasteiger partial charge in [-0.2, -0.15) is 0 Å². The van der Waals surface area contributed by atoms with Crippen LogP contribution in [0.1, 0.15) is 0 Å². The molecule has 0 saturated heterocycles. The number of aliphatic hydroxyl groups excluding tert-OH is 1. The first-order valence-corrected chi connectivity index (χ1v) is 5.29. The van der Waals surface area contributed by atoms with Crippen LogP contribution in [0.25, 0.3) is 0 Å². The van der Waals surface area contributed by atoms with Crippen LogP contribution >= 0.6 is 11.8 Å². The number of carbonyl (C=O) groups is 1. The van der Waals surface area contributed by atoms with Gasteiger partial charge in [-0.3, -0.25) is 0 Å². The van der Waals surface area contributed by atoms with E-state index in [0.29, 0.717) is 0 Å². The molecule has 0 saturated carbocycles. The third-order valence-electron chi connectivity index (χ3n) is 1.55. The Balaban J connectivity index is 2.33. The highest BCUT2D eigenvalue weighted by Crippen LogP contribution is 2.21. The minimum Gasteiger partial charge on any atom is -0.459 e. The monoisotopic (exact) mass is 224 g/mol. The van der Waals surface area contributed by atoms with E-state index in [1.165, 1.54) is 11.8 Å². The standard InChI is InChI=1S/C11H12O3S/c1-2-10(12)14-8-11(13)15-9-6-4-3-5-7-9/h2-7,11,13H,1,8H2. The van der Waals surface area contributed by atoms with Crippen LogP contribution in [0, 0.1) is 0 Å². The number of aliphatic hydroxyl groups is 1. The first-order chi connectivity index (χ1) is 7.22. The zero-order valence-electron chi connectivity index (χ0n) is 8.13. The Morgan fingerprint density at radius 2 is 2.20 bits per heavy atom. The van der Waals surface area contributed by atoms with Gasteiger partial charge in [0.15, 0.2) is 0 Å². The van der Waals surface area contributed by atoms with Crippen molar-refractivity contribution < 1.29 is 14.6 Å². The SMILES string of the molecule is C=CC(=O)OCC(O)Sc1ccccc1. The van der Waals surface area contributed by atoms with Crippen LogP contribution in [0.4, 0.5) is 0 Å². The van der Waals surface area contributed by atoms with Gasteiger partial charge in [0.2, 0.25) is 0 Å². The van der Waals surface area contributed by atoms with E-state index in [1.54, 1.807) is 0 Å². The second kappa shape index (κ2) is 6.27. The first kappa shape index (κ1) is 11.8. The third kappa shape index (κ3) is 4.67. The largest absolute Gasteiger partial charge is 0.459 e. The lowest BCUT2D eigenvalue weighted by Crippen LogP contribution is -2.13. The molecule has 4 heteroatoms. The number of ether oxygens (including phenoxy) is 1. The van der Waals surface area contributed by atoms with Gasteiger partial charge in [0.1, 0.15) is 12.0 Å². The molecule has 0 bridgehead atoms. The highest BCUT2D eigenvalue weighted by atomic mass is 32.2. The molecule has 0 radical (unpaired) electrons. The number of esters is 1. The number of rotatable bonds is 5. The molecule has 1 N–H and O–H groups in total. The number of hydrogen-bond donors (Lipinski definition) is 1. The van der Waals surface area contributed by atoms with Gasteiger partial charge in [-0.15, -0.1) is 0 Å². The summed E-state index contributed by atoms with van der Waals surface area (Å²) in [5, 5.41) is 9.50. The Morgan fingerprint density at radius 1 is 1.53 bits per heavy atom. The molecular formula is C11H12O3S. The summed E-state index contributed by atoms with van der Waals surface area (Å²) in [5.74, 6) is -0.525. The fraction of sp³-hybridized carbons (Fsp3) is 0.182. The molecule has 0 aliphatic rings. The summed E-state index contributed by atoms with van der Waals surface area (Å²) in [6, 6.07) is 9.41. The molecule has 0 spiro atoms. The summed E-state index contributed by atoms with van der Waals surface area (Å²) in [7, 11) is 0. The minimum absolute atomic E-state index is 0.0373. The second-order valence-corrected chi connectivity index (χ2v) is 3.97. The van der Waals surface area contributed by atoms with E-state index in [1.807, 2.05) is 30.3 Å². The normalized spacial score (nSPS) is 11.8. The predicted molar refractivity (Wildman–Crippen MR) is 59.5 cm³/mol. The molecule has 1 rings (SSSR count). The smallest absolute Gasteiger partial charge is 0.330 e. The van der Waals surface area contributed by atoms with Crippen molar-refractivity contribution in [3.05, 3.63) is 43.0 Å². The third-order valence-corrected chi connectivity index (χ3v) is 2.50. The van der Waals surface area contributed by atoms with Gasteiger partial charge >= 0.3 is 5.97 Å². The summed E-state index contributed by atoms with van der Waals surface area (Å²) >= 11 is 1.24. The van der Waals surface area contributed by atoms with Crippen molar-refractivity contribution in [2.24, 2.45) is 0 Å². The number of benzene rings is 1. The Kier molecular flexibility index (Phi) is 4.93. The maximum Gasteiger partial charge on any atom is 0.330 e. The molecule has 0 amide bonds. The molecule has 15 heavy (non-hydrogen) atoms. The fourth-order valence-electron chi connectivity index (χ4n) is 0.903. The first-order valence-electron chi connectivity index (χ1n) is 4.41. The quantitative estimate of drug-likeness (QED) is 0.359. The lowest BCUT2D eigenvalue weighted by Gasteiger charge is -2.09. The second-order valence-electron chi connectivity index (χ2n) is 2.72. The lowest BCUT2D eigenvalue weighted by atomic mass is 10.4. The molecule has 1 unspecified atom stereocenters. The Labute approximate surface area is 92.8 Å². The average Bonchev–Trinajstić information content (AvgIpc) is 2.27. The molecule has 1 aromatic rings. The van der Waals surface area contributed by atoms with Crippen molar-refractivity contribution in [3.63, 3.8) is 0 Å². The van der Waals surface area contributed by atoms with E-state index in [0.717, 1.165) is 11.0 Å². The van der Waals surface area contributed by atoms with E-state index >= 15 is 0 Å². The van der Waals surface area contributed by atoms with Gasteiger partial charge in [0.25, 0.3) is 0 Å². The predicted octanol–water partition coefficient (Wildman–Crippen LogP) is 1.83. The summed E-state index contributed by atoms with van der Waals surface area (Å²) in [5.41, 5.74) is -0.753. The Morgan fingerprint density at radius 3 is 2.80 bits per heavy atom. The molecular weight excluding hydrogens is 212 g/mol. The van der Waals surface area contributed by atoms with Gasteiger partial charge in [0.05, 0.1) is 0 Å². The van der Waals surface area contributed by atoms with Crippen molar-refractivity contribution in [1.29, 1.82) is 0 Å². The maximum absolute atomic E-state index is 10.7. The molecule has 0 aliphatic carbocycles. The zero-order chi connectivity index (χ0) is 11.1. The van der Waals surface area contributed by atoms with Gasteiger partial charge in [-0.25, -0.2) is 4.79 Å². The average molecular weight is 224 g/mol. The summed E-state index contributed by atoms with van der Waals surface area (Å²) in [6.07, 6.45) is 1.07. The molecule has 1 atom stereocenters. The van der Waals surface area contributed by atoms with Crippen molar-refractivity contribution >= 4 is 17.7 Å². The maximum atomic E-state index is 10.7. The van der Waals surface area contributed by atoms with Crippen LogP contribution < -0.4 is 0 Å². The number of carbonyl (C=O) groups excluding carboxylic acids is 1. The Hall–Kier alpha value is -1.26. The fourth-order valence-corrected chi connectivity index (χ4v) is 1.67. The van der Waals surface area contributed by atoms with Gasteiger partial charge in [-0.05, 0) is 12.1 Å². The van der Waals surface area contributed by atoms with E-state index in [-0.39, 0.29) is 6.61 Å². The van der Waals surface area contributed by atoms with Crippen LogP contribution in [-0.2, 0) is 9.53 Å². The number of thioether (sulfide) groups is 1. The molecule has 0 aromatic heterocycles. The summed E-state index contributed by atoms with van der Waals surface area (Å²) in [4.78, 5) is 11.6. The molecule has 0 aliphatic heterocycles. The van der Waals surface area contributed by atoms with Crippen LogP contribution in [0.15, 0.2) is 47.9 Å². The molecule has 0 fully saturated rings. The van der Waals surface area contributed by atoms with Crippen molar-refractivity contribution in [3.8, 4) is 0 Å². The lowest BCUT2D eigenvalue weighted by molar-refractivity contribution is -0.139. The van der Waals surface area contributed by atoms with Crippen molar-refractivity contribution in [2.75, 3.05) is 6.61 Å². The van der Waals surface area contributed by atoms with Crippen LogP contribution in [-0.4, -0.2) is 23.1 Å². The Bertz CT molecular complexity index is 324. The summed E-state index contributed by atoms with van der Waals surface area (Å²) in [6.45, 7) is 3.22. The number of hydrogen-bond acceptors (Lipinski definition) is 4. The van der Waals surface area contributed by atoms with E-state index in [4.69, 9.17) is 4.74 Å². The molecule has 1 aromatic carbocycles.